The summed E-state index contributed by atoms with van der Waals surface area (Å²) >= 11 is 0. The van der Waals surface area contributed by atoms with E-state index < -0.39 is 20.2 Å². The maximum absolute atomic E-state index is 10.4. The van der Waals surface area contributed by atoms with Gasteiger partial charge in [-0.1, -0.05) is 0 Å². The Morgan fingerprint density at radius 2 is 1.59 bits per heavy atom. The third-order valence-electron chi connectivity index (χ3n) is 1.04. The van der Waals surface area contributed by atoms with Crippen molar-refractivity contribution in [1.82, 2.24) is 0 Å². The van der Waals surface area contributed by atoms with E-state index in [2.05, 4.69) is 14.0 Å². The van der Waals surface area contributed by atoms with Crippen molar-refractivity contribution in [3.8, 4) is 0 Å². The number of hydrogen-bond acceptors (Lipinski definition) is 7. The maximum Gasteiger partial charge on any atom is 0.694 e. The second-order valence-corrected chi connectivity index (χ2v) is 3.03. The van der Waals surface area contributed by atoms with Crippen LogP contribution in [0.25, 0.3) is 0 Å². The van der Waals surface area contributed by atoms with Crippen LogP contribution in [-0.4, -0.2) is 43.2 Å². The second kappa shape index (κ2) is 13.0. The van der Waals surface area contributed by atoms with Gasteiger partial charge in [-0.05, 0) is 13.8 Å². The predicted octanol–water partition coefficient (Wildman–Crippen LogP) is -0.276. The van der Waals surface area contributed by atoms with Gasteiger partial charge >= 0.3 is 20.2 Å². The molecule has 0 aromatic rings. The zero-order valence-electron chi connectivity index (χ0n) is 9.75. The molecule has 0 fully saturated rings. The number of nitrogens with two attached hydrogens (primary N) is 1. The van der Waals surface area contributed by atoms with Gasteiger partial charge in [-0.3, -0.25) is 0 Å². The molecule has 0 aliphatic carbocycles. The van der Waals surface area contributed by atoms with Gasteiger partial charge in [-0.2, -0.15) is 0 Å². The Balaban J connectivity index is 0. The van der Waals surface area contributed by atoms with Gasteiger partial charge in [-0.15, -0.1) is 9.42 Å². The summed E-state index contributed by atoms with van der Waals surface area (Å²) in [6.07, 6.45) is 0. The Hall–Kier alpha value is -1.08. The van der Waals surface area contributed by atoms with Gasteiger partial charge in [0.15, 0.2) is 0 Å². The Morgan fingerprint density at radius 1 is 1.18 bits per heavy atom. The highest BCUT2D eigenvalue weighted by Crippen LogP contribution is 2.12. The van der Waals surface area contributed by atoms with Crippen LogP contribution in [0, 0.1) is 0 Å². The molecule has 0 aliphatic heterocycles. The predicted molar refractivity (Wildman–Crippen MR) is 58.1 cm³/mol. The van der Waals surface area contributed by atoms with Crippen LogP contribution in [0.4, 0.5) is 0 Å². The molecular weight excluding hydrogens is 253 g/mol. The van der Waals surface area contributed by atoms with Crippen LogP contribution in [0.3, 0.4) is 0 Å². The molecule has 17 heavy (non-hydrogen) atoms. The van der Waals surface area contributed by atoms with E-state index in [1.165, 1.54) is 0 Å². The van der Waals surface area contributed by atoms with Crippen LogP contribution < -0.4 is 5.73 Å². The lowest BCUT2D eigenvalue weighted by molar-refractivity contribution is -0.167. The Labute approximate surface area is 100.0 Å². The lowest BCUT2D eigenvalue weighted by Gasteiger charge is -1.99. The van der Waals surface area contributed by atoms with Crippen molar-refractivity contribution in [3.05, 3.63) is 0 Å². The van der Waals surface area contributed by atoms with Gasteiger partial charge in [0.1, 0.15) is 6.61 Å². The number of hydrogen-bond donors (Lipinski definition) is 2. The zero-order valence-corrected chi connectivity index (χ0v) is 10.6. The molecule has 8 nitrogen and oxygen atoms in total. The molecule has 0 aliphatic rings. The SMILES string of the molecule is CCOC(=O)C(=O)OCC.NCCO[P+](=O)O. The van der Waals surface area contributed by atoms with Crippen LogP contribution >= 0.6 is 8.25 Å². The molecule has 1 atom stereocenters. The number of ether oxygens (including phenoxy) is 2. The molecule has 0 aromatic carbocycles. The third-order valence-corrected chi connectivity index (χ3v) is 1.44. The molecule has 100 valence electrons. The van der Waals surface area contributed by atoms with Crippen LogP contribution in [0.2, 0.25) is 0 Å². The molecule has 0 aromatic heterocycles. The van der Waals surface area contributed by atoms with Gasteiger partial charge in [0.2, 0.25) is 0 Å². The van der Waals surface area contributed by atoms with E-state index in [-0.39, 0.29) is 26.4 Å². The highest BCUT2D eigenvalue weighted by molar-refractivity contribution is 7.32. The summed E-state index contributed by atoms with van der Waals surface area (Å²) in [6, 6.07) is 0. The minimum Gasteiger partial charge on any atom is -0.458 e. The zero-order chi connectivity index (χ0) is 13.7. The number of rotatable bonds is 5. The van der Waals surface area contributed by atoms with Crippen LogP contribution in [-0.2, 0) is 28.2 Å². The Kier molecular flexibility index (Phi) is 14.0. The van der Waals surface area contributed by atoms with E-state index >= 15 is 0 Å². The van der Waals surface area contributed by atoms with Gasteiger partial charge in [0, 0.05) is 11.1 Å². The molecule has 0 radical (unpaired) electrons. The maximum atomic E-state index is 10.4. The summed E-state index contributed by atoms with van der Waals surface area (Å²) in [7, 11) is -2.44. The van der Waals surface area contributed by atoms with Crippen molar-refractivity contribution >= 4 is 20.2 Å². The molecule has 0 spiro atoms. The normalized spacial score (nSPS) is 9.76. The summed E-state index contributed by atoms with van der Waals surface area (Å²) in [4.78, 5) is 28.8. The van der Waals surface area contributed by atoms with Crippen molar-refractivity contribution in [1.29, 1.82) is 0 Å². The molecule has 9 heteroatoms. The monoisotopic (exact) mass is 270 g/mol. The van der Waals surface area contributed by atoms with E-state index in [0.717, 1.165) is 0 Å². The first-order valence-corrected chi connectivity index (χ1v) is 5.95. The van der Waals surface area contributed by atoms with Gasteiger partial charge in [0.25, 0.3) is 0 Å². The van der Waals surface area contributed by atoms with E-state index in [4.69, 9.17) is 10.6 Å². The summed E-state index contributed by atoms with van der Waals surface area (Å²) < 4.78 is 22.4. The fourth-order valence-electron chi connectivity index (χ4n) is 0.511. The molecule has 1 unspecified atom stereocenters. The fraction of sp³-hybridized carbons (Fsp3) is 0.750. The first kappa shape index (κ1) is 18.3. The highest BCUT2D eigenvalue weighted by atomic mass is 31.1. The van der Waals surface area contributed by atoms with Crippen LogP contribution in [0.5, 0.6) is 0 Å². The molecule has 0 heterocycles. The largest absolute Gasteiger partial charge is 0.694 e. The van der Waals surface area contributed by atoms with Crippen molar-refractivity contribution in [2.24, 2.45) is 5.73 Å². The summed E-state index contributed by atoms with van der Waals surface area (Å²) in [5, 5.41) is 0. The molecule has 0 amide bonds. The first-order valence-electron chi connectivity index (χ1n) is 4.82. The van der Waals surface area contributed by atoms with Crippen molar-refractivity contribution in [2.75, 3.05) is 26.4 Å². The molecule has 0 bridgehead atoms. The smallest absolute Gasteiger partial charge is 0.458 e. The molecule has 0 saturated heterocycles. The first-order chi connectivity index (χ1) is 7.99. The quantitative estimate of drug-likeness (QED) is 0.397. The minimum absolute atomic E-state index is 0.145. The Morgan fingerprint density at radius 3 is 1.76 bits per heavy atom. The lowest BCUT2D eigenvalue weighted by atomic mass is 10.7. The van der Waals surface area contributed by atoms with Gasteiger partial charge in [0.05, 0.1) is 13.2 Å². The van der Waals surface area contributed by atoms with Crippen molar-refractivity contribution < 1.29 is 33.0 Å². The summed E-state index contributed by atoms with van der Waals surface area (Å²) in [5.41, 5.74) is 4.91. The fourth-order valence-corrected chi connectivity index (χ4v) is 0.772. The van der Waals surface area contributed by atoms with E-state index in [1.807, 2.05) is 0 Å². The molecule has 0 saturated carbocycles. The highest BCUT2D eigenvalue weighted by Gasteiger charge is 2.14. The average molecular weight is 270 g/mol. The standard InChI is InChI=1S/C6H10O4.C2H6NO3P/c1-3-9-5(7)6(8)10-4-2;3-1-2-6-7(4)5/h3-4H2,1-2H3;1-3H2/p+1. The van der Waals surface area contributed by atoms with E-state index in [0.29, 0.717) is 0 Å². The second-order valence-electron chi connectivity index (χ2n) is 2.30. The van der Waals surface area contributed by atoms with Crippen LogP contribution in [0.15, 0.2) is 0 Å². The van der Waals surface area contributed by atoms with Crippen molar-refractivity contribution in [3.63, 3.8) is 0 Å². The molecule has 0 rings (SSSR count). The average Bonchev–Trinajstić information content (AvgIpc) is 2.27. The summed E-state index contributed by atoms with van der Waals surface area (Å²) in [5.74, 6) is -1.85. The van der Waals surface area contributed by atoms with Gasteiger partial charge < -0.3 is 15.2 Å². The molecule has 3 N–H and O–H groups in total. The van der Waals surface area contributed by atoms with E-state index in [1.54, 1.807) is 13.8 Å². The lowest BCUT2D eigenvalue weighted by Crippen LogP contribution is -2.19. The Bertz CT molecular complexity index is 230. The summed E-state index contributed by atoms with van der Waals surface area (Å²) in [6.45, 7) is 4.05. The molecular formula is C8H17NO7P+. The van der Waals surface area contributed by atoms with E-state index in [9.17, 15) is 14.2 Å². The number of carbonyl (C=O) groups is 2. The van der Waals surface area contributed by atoms with Crippen LogP contribution in [0.1, 0.15) is 13.8 Å². The number of carbonyl (C=O) groups excluding carboxylic acids is 2. The minimum atomic E-state index is -2.44. The topological polar surface area (TPSA) is 125 Å². The van der Waals surface area contributed by atoms with Crippen molar-refractivity contribution in [2.45, 2.75) is 13.8 Å². The van der Waals surface area contributed by atoms with Gasteiger partial charge in [-0.25, -0.2) is 9.59 Å². The third kappa shape index (κ3) is 14.9. The number of esters is 2.